The van der Waals surface area contributed by atoms with Crippen LogP contribution in [0.1, 0.15) is 17.4 Å². The summed E-state index contributed by atoms with van der Waals surface area (Å²) in [5, 5.41) is 0. The van der Waals surface area contributed by atoms with E-state index in [1.54, 1.807) is 29.8 Å². The zero-order valence-corrected chi connectivity index (χ0v) is 9.56. The summed E-state index contributed by atoms with van der Waals surface area (Å²) in [6, 6.07) is 1.77. The first-order valence-corrected chi connectivity index (χ1v) is 5.18. The molecule has 0 amide bonds. The normalized spacial score (nSPS) is 10.5. The zero-order valence-electron chi connectivity index (χ0n) is 7.98. The number of fused-ring (bicyclic) bond motifs is 1. The van der Waals surface area contributed by atoms with Gasteiger partial charge in [0.1, 0.15) is 4.60 Å². The lowest BCUT2D eigenvalue weighted by atomic mass is 10.5. The van der Waals surface area contributed by atoms with Gasteiger partial charge in [-0.25, -0.2) is 14.8 Å². The molecule has 0 fully saturated rings. The molecule has 2 rings (SSSR count). The fourth-order valence-corrected chi connectivity index (χ4v) is 1.43. The summed E-state index contributed by atoms with van der Waals surface area (Å²) < 4.78 is 7.17. The average molecular weight is 270 g/mol. The fraction of sp³-hybridized carbons (Fsp3) is 0.222. The lowest BCUT2D eigenvalue weighted by Crippen LogP contribution is -2.04. The molecule has 0 aliphatic carbocycles. The van der Waals surface area contributed by atoms with E-state index in [0.29, 0.717) is 17.0 Å². The van der Waals surface area contributed by atoms with Crippen LogP contribution in [0.2, 0.25) is 0 Å². The van der Waals surface area contributed by atoms with E-state index < -0.39 is 5.97 Å². The largest absolute Gasteiger partial charge is 0.461 e. The third kappa shape index (κ3) is 1.99. The molecule has 0 saturated carbocycles. The molecule has 78 valence electrons. The molecule has 0 aliphatic rings. The zero-order chi connectivity index (χ0) is 10.8. The van der Waals surface area contributed by atoms with Crippen molar-refractivity contribution in [1.82, 2.24) is 14.4 Å². The Morgan fingerprint density at radius 2 is 2.40 bits per heavy atom. The lowest BCUT2D eigenvalue weighted by Gasteiger charge is -1.94. The molecule has 6 heteroatoms. The van der Waals surface area contributed by atoms with Crippen LogP contribution < -0.4 is 0 Å². The van der Waals surface area contributed by atoms with Crippen LogP contribution in [-0.4, -0.2) is 26.9 Å². The number of imidazole rings is 1. The number of esters is 1. The van der Waals surface area contributed by atoms with Gasteiger partial charge in [-0.1, -0.05) is 0 Å². The van der Waals surface area contributed by atoms with Gasteiger partial charge in [-0.2, -0.15) is 0 Å². The van der Waals surface area contributed by atoms with E-state index in [0.717, 1.165) is 0 Å². The lowest BCUT2D eigenvalue weighted by molar-refractivity contribution is 0.0520. The molecule has 2 aromatic rings. The van der Waals surface area contributed by atoms with E-state index in [9.17, 15) is 4.79 Å². The van der Waals surface area contributed by atoms with E-state index in [-0.39, 0.29) is 5.69 Å². The number of hydrogen-bond donors (Lipinski definition) is 0. The Morgan fingerprint density at radius 3 is 3.13 bits per heavy atom. The Morgan fingerprint density at radius 1 is 1.60 bits per heavy atom. The molecule has 0 atom stereocenters. The molecule has 2 heterocycles. The average Bonchev–Trinajstić information content (AvgIpc) is 2.60. The van der Waals surface area contributed by atoms with Crippen LogP contribution in [0, 0.1) is 0 Å². The Bertz CT molecular complexity index is 509. The second-order valence-electron chi connectivity index (χ2n) is 2.80. The molecule has 0 bridgehead atoms. The van der Waals surface area contributed by atoms with Gasteiger partial charge in [-0.3, -0.25) is 4.40 Å². The number of nitrogens with zero attached hydrogens (tertiary/aromatic N) is 3. The molecule has 0 radical (unpaired) electrons. The third-order valence-corrected chi connectivity index (χ3v) is 2.22. The first-order valence-electron chi connectivity index (χ1n) is 4.39. The Balaban J connectivity index is 2.42. The van der Waals surface area contributed by atoms with Gasteiger partial charge in [0.25, 0.3) is 0 Å². The summed E-state index contributed by atoms with van der Waals surface area (Å²) in [4.78, 5) is 19.5. The molecule has 0 N–H and O–H groups in total. The highest BCUT2D eigenvalue weighted by Gasteiger charge is 2.11. The number of ether oxygens (including phenoxy) is 1. The van der Waals surface area contributed by atoms with Crippen molar-refractivity contribution in [3.63, 3.8) is 0 Å². The molecule has 0 unspecified atom stereocenters. The maximum Gasteiger partial charge on any atom is 0.358 e. The Kier molecular flexibility index (Phi) is 2.68. The maximum atomic E-state index is 11.4. The van der Waals surface area contributed by atoms with Crippen molar-refractivity contribution in [1.29, 1.82) is 0 Å². The first kappa shape index (κ1) is 10.1. The highest BCUT2D eigenvalue weighted by molar-refractivity contribution is 9.10. The van der Waals surface area contributed by atoms with E-state index in [4.69, 9.17) is 4.74 Å². The quantitative estimate of drug-likeness (QED) is 0.615. The number of carbonyl (C=O) groups is 1. The molecule has 0 spiro atoms. The monoisotopic (exact) mass is 269 g/mol. The van der Waals surface area contributed by atoms with E-state index in [1.165, 1.54) is 0 Å². The number of halogens is 1. The van der Waals surface area contributed by atoms with Gasteiger partial charge >= 0.3 is 5.97 Å². The summed E-state index contributed by atoms with van der Waals surface area (Å²) in [6.45, 7) is 2.09. The predicted molar refractivity (Wildman–Crippen MR) is 56.6 cm³/mol. The van der Waals surface area contributed by atoms with Crippen LogP contribution in [0.4, 0.5) is 0 Å². The van der Waals surface area contributed by atoms with Crippen molar-refractivity contribution in [2.24, 2.45) is 0 Å². The van der Waals surface area contributed by atoms with Gasteiger partial charge in [-0.15, -0.1) is 0 Å². The predicted octanol–water partition coefficient (Wildman–Crippen LogP) is 1.67. The van der Waals surface area contributed by atoms with Crippen LogP contribution in [0.25, 0.3) is 5.78 Å². The van der Waals surface area contributed by atoms with Crippen LogP contribution >= 0.6 is 15.9 Å². The fourth-order valence-electron chi connectivity index (χ4n) is 1.15. The highest BCUT2D eigenvalue weighted by Crippen LogP contribution is 2.09. The number of rotatable bonds is 2. The summed E-state index contributed by atoms with van der Waals surface area (Å²) in [5.74, 6) is 0.0338. The summed E-state index contributed by atoms with van der Waals surface area (Å²) in [5.41, 5.74) is 0.266. The minimum atomic E-state index is -0.431. The molecule has 15 heavy (non-hydrogen) atoms. The standard InChI is InChI=1S/C9H8BrN3O2/c1-2-15-8(14)6-5-13-4-3-7(10)12-9(13)11-6/h3-5H,2H2,1H3. The third-order valence-electron chi connectivity index (χ3n) is 1.78. The smallest absolute Gasteiger partial charge is 0.358 e. The number of aromatic nitrogens is 3. The molecule has 0 aromatic carbocycles. The van der Waals surface area contributed by atoms with Crippen LogP contribution in [-0.2, 0) is 4.74 Å². The summed E-state index contributed by atoms with van der Waals surface area (Å²) in [7, 11) is 0. The first-order chi connectivity index (χ1) is 7.20. The van der Waals surface area contributed by atoms with Crippen LogP contribution in [0.5, 0.6) is 0 Å². The van der Waals surface area contributed by atoms with Crippen molar-refractivity contribution in [3.05, 3.63) is 28.8 Å². The van der Waals surface area contributed by atoms with Gasteiger partial charge in [0, 0.05) is 12.4 Å². The second kappa shape index (κ2) is 3.98. The molecule has 2 aromatic heterocycles. The molecular weight excluding hydrogens is 262 g/mol. The van der Waals surface area contributed by atoms with Crippen molar-refractivity contribution >= 4 is 27.7 Å². The molecule has 0 aliphatic heterocycles. The van der Waals surface area contributed by atoms with Gasteiger partial charge < -0.3 is 4.74 Å². The minimum Gasteiger partial charge on any atom is -0.461 e. The van der Waals surface area contributed by atoms with Crippen molar-refractivity contribution < 1.29 is 9.53 Å². The minimum absolute atomic E-state index is 0.266. The summed E-state index contributed by atoms with van der Waals surface area (Å²) >= 11 is 3.23. The maximum absolute atomic E-state index is 11.4. The van der Waals surface area contributed by atoms with E-state index in [2.05, 4.69) is 25.9 Å². The van der Waals surface area contributed by atoms with Crippen molar-refractivity contribution in [3.8, 4) is 0 Å². The van der Waals surface area contributed by atoms with E-state index in [1.807, 2.05) is 0 Å². The van der Waals surface area contributed by atoms with Crippen LogP contribution in [0.15, 0.2) is 23.1 Å². The Labute approximate surface area is 94.2 Å². The van der Waals surface area contributed by atoms with Crippen molar-refractivity contribution in [2.75, 3.05) is 6.61 Å². The van der Waals surface area contributed by atoms with Gasteiger partial charge in [0.2, 0.25) is 5.78 Å². The van der Waals surface area contributed by atoms with Crippen LogP contribution in [0.3, 0.4) is 0 Å². The second-order valence-corrected chi connectivity index (χ2v) is 3.62. The molecule has 5 nitrogen and oxygen atoms in total. The SMILES string of the molecule is CCOC(=O)c1cn2ccc(Br)nc2n1. The number of carbonyl (C=O) groups excluding carboxylic acids is 1. The van der Waals surface area contributed by atoms with Gasteiger partial charge in [0.15, 0.2) is 5.69 Å². The molecular formula is C9H8BrN3O2. The van der Waals surface area contributed by atoms with Gasteiger partial charge in [-0.05, 0) is 28.9 Å². The van der Waals surface area contributed by atoms with Gasteiger partial charge in [0.05, 0.1) is 6.61 Å². The van der Waals surface area contributed by atoms with Crippen molar-refractivity contribution in [2.45, 2.75) is 6.92 Å². The molecule has 0 saturated heterocycles. The number of hydrogen-bond acceptors (Lipinski definition) is 4. The van der Waals surface area contributed by atoms with E-state index >= 15 is 0 Å². The Hall–Kier alpha value is -1.43. The summed E-state index contributed by atoms with van der Waals surface area (Å²) in [6.07, 6.45) is 3.36. The highest BCUT2D eigenvalue weighted by atomic mass is 79.9. The topological polar surface area (TPSA) is 56.5 Å².